The molecule has 2 aromatic heterocycles. The summed E-state index contributed by atoms with van der Waals surface area (Å²) < 4.78 is 1.57. The van der Waals surface area contributed by atoms with E-state index in [0.29, 0.717) is 11.4 Å². The number of hydrogen-bond acceptors (Lipinski definition) is 4. The first-order chi connectivity index (χ1) is 8.50. The van der Waals surface area contributed by atoms with Gasteiger partial charge in [-0.2, -0.15) is 0 Å². The topological polar surface area (TPSA) is 84.2 Å². The van der Waals surface area contributed by atoms with E-state index in [1.165, 1.54) is 12.5 Å². The summed E-state index contributed by atoms with van der Waals surface area (Å²) >= 11 is 1.09. The van der Waals surface area contributed by atoms with E-state index in [9.17, 15) is 9.59 Å². The van der Waals surface area contributed by atoms with E-state index in [1.807, 2.05) is 0 Å². The highest BCUT2D eigenvalue weighted by molar-refractivity contribution is 7.12. The van der Waals surface area contributed by atoms with Crippen LogP contribution in [0.3, 0.4) is 0 Å². The number of imidazole rings is 1. The first-order valence-electron chi connectivity index (χ1n) is 5.09. The molecule has 0 aromatic carbocycles. The largest absolute Gasteiger partial charge is 0.477 e. The third kappa shape index (κ3) is 2.12. The van der Waals surface area contributed by atoms with Crippen molar-refractivity contribution in [2.24, 2.45) is 7.05 Å². The standard InChI is InChI=1S/C11H11N3O3S/c1-6-4-18-9(11(16)17)8(6)13-10(15)7-3-12-5-14(7)2/h3-5H,1-2H3,(H,13,15)(H,16,17). The fourth-order valence-electron chi connectivity index (χ4n) is 1.51. The molecule has 0 saturated heterocycles. The predicted octanol–water partition coefficient (Wildman–Crippen LogP) is 1.74. The number of carbonyl (C=O) groups excluding carboxylic acids is 1. The molecule has 0 bridgehead atoms. The Kier molecular flexibility index (Phi) is 3.15. The predicted molar refractivity (Wildman–Crippen MR) is 67.2 cm³/mol. The molecule has 0 spiro atoms. The Morgan fingerprint density at radius 2 is 2.22 bits per heavy atom. The average molecular weight is 265 g/mol. The van der Waals surface area contributed by atoms with Crippen LogP contribution in [0.4, 0.5) is 5.69 Å². The van der Waals surface area contributed by atoms with E-state index >= 15 is 0 Å². The Balaban J connectivity index is 2.30. The van der Waals surface area contributed by atoms with Crippen LogP contribution in [0.15, 0.2) is 17.9 Å². The molecule has 94 valence electrons. The van der Waals surface area contributed by atoms with Crippen LogP contribution in [-0.2, 0) is 7.05 Å². The molecule has 2 N–H and O–H groups in total. The van der Waals surface area contributed by atoms with E-state index in [2.05, 4.69) is 10.3 Å². The Bertz CT molecular complexity index is 615. The van der Waals surface area contributed by atoms with Crippen LogP contribution in [0.25, 0.3) is 0 Å². The minimum Gasteiger partial charge on any atom is -0.477 e. The number of aromatic carboxylic acids is 1. The molecule has 2 rings (SSSR count). The van der Waals surface area contributed by atoms with Gasteiger partial charge in [0.15, 0.2) is 0 Å². The molecule has 7 heteroatoms. The number of nitrogens with one attached hydrogen (secondary N) is 1. The van der Waals surface area contributed by atoms with Crippen molar-refractivity contribution in [3.63, 3.8) is 0 Å². The lowest BCUT2D eigenvalue weighted by molar-refractivity contribution is 0.0703. The summed E-state index contributed by atoms with van der Waals surface area (Å²) in [6.07, 6.45) is 2.94. The number of carbonyl (C=O) groups is 2. The van der Waals surface area contributed by atoms with Crippen molar-refractivity contribution in [2.45, 2.75) is 6.92 Å². The normalized spacial score (nSPS) is 10.3. The number of aromatic nitrogens is 2. The molecule has 6 nitrogen and oxygen atoms in total. The third-order valence-corrected chi connectivity index (χ3v) is 3.54. The van der Waals surface area contributed by atoms with E-state index in [0.717, 1.165) is 16.9 Å². The minimum absolute atomic E-state index is 0.128. The number of thiophene rings is 1. The highest BCUT2D eigenvalue weighted by Crippen LogP contribution is 2.27. The number of carboxylic acid groups (broad SMARTS) is 1. The maximum Gasteiger partial charge on any atom is 0.348 e. The van der Waals surface area contributed by atoms with Crippen molar-refractivity contribution in [1.82, 2.24) is 9.55 Å². The van der Waals surface area contributed by atoms with Gasteiger partial charge in [0.1, 0.15) is 10.6 Å². The zero-order valence-electron chi connectivity index (χ0n) is 9.80. The molecule has 2 aromatic rings. The van der Waals surface area contributed by atoms with Crippen molar-refractivity contribution in [1.29, 1.82) is 0 Å². The van der Waals surface area contributed by atoms with Crippen molar-refractivity contribution in [3.8, 4) is 0 Å². The average Bonchev–Trinajstić information content (AvgIpc) is 2.86. The summed E-state index contributed by atoms with van der Waals surface area (Å²) in [5, 5.41) is 13.3. The molecule has 0 aliphatic heterocycles. The van der Waals surface area contributed by atoms with Gasteiger partial charge in [-0.1, -0.05) is 0 Å². The summed E-state index contributed by atoms with van der Waals surface area (Å²) in [6.45, 7) is 1.75. The van der Waals surface area contributed by atoms with E-state index in [-0.39, 0.29) is 10.8 Å². The molecule has 2 heterocycles. The summed E-state index contributed by atoms with van der Waals surface area (Å²) in [7, 11) is 1.69. The van der Waals surface area contributed by atoms with Crippen molar-refractivity contribution in [3.05, 3.63) is 34.0 Å². The van der Waals surface area contributed by atoms with Gasteiger partial charge in [-0.15, -0.1) is 11.3 Å². The van der Waals surface area contributed by atoms with Gasteiger partial charge in [0.2, 0.25) is 0 Å². The van der Waals surface area contributed by atoms with Gasteiger partial charge in [0, 0.05) is 7.05 Å². The summed E-state index contributed by atoms with van der Waals surface area (Å²) in [5.74, 6) is -1.42. The number of carboxylic acids is 1. The lowest BCUT2D eigenvalue weighted by atomic mass is 10.2. The Morgan fingerprint density at radius 1 is 1.50 bits per heavy atom. The number of amides is 1. The second-order valence-electron chi connectivity index (χ2n) is 3.77. The molecular formula is C11H11N3O3S. The number of rotatable bonds is 3. The first-order valence-corrected chi connectivity index (χ1v) is 5.97. The zero-order chi connectivity index (χ0) is 13.3. The van der Waals surface area contributed by atoms with Gasteiger partial charge in [-0.25, -0.2) is 9.78 Å². The van der Waals surface area contributed by atoms with Crippen molar-refractivity contribution >= 4 is 28.9 Å². The number of nitrogens with zero attached hydrogens (tertiary/aromatic N) is 2. The van der Waals surface area contributed by atoms with E-state index in [4.69, 9.17) is 5.11 Å². The summed E-state index contributed by atoms with van der Waals surface area (Å²) in [4.78, 5) is 26.9. The molecule has 0 unspecified atom stereocenters. The highest BCUT2D eigenvalue weighted by atomic mass is 32.1. The van der Waals surface area contributed by atoms with Crippen molar-refractivity contribution in [2.75, 3.05) is 5.32 Å². The zero-order valence-corrected chi connectivity index (χ0v) is 10.6. The second-order valence-corrected chi connectivity index (χ2v) is 4.65. The molecule has 0 aliphatic carbocycles. The Hall–Kier alpha value is -2.15. The van der Waals surface area contributed by atoms with Crippen LogP contribution in [0.1, 0.15) is 25.7 Å². The molecule has 0 atom stereocenters. The van der Waals surface area contributed by atoms with Crippen LogP contribution in [0.2, 0.25) is 0 Å². The number of anilines is 1. The second kappa shape index (κ2) is 4.61. The fourth-order valence-corrected chi connectivity index (χ4v) is 2.35. The van der Waals surface area contributed by atoms with E-state index in [1.54, 1.807) is 23.9 Å². The minimum atomic E-state index is -1.05. The van der Waals surface area contributed by atoms with Gasteiger partial charge < -0.3 is 15.0 Å². The van der Waals surface area contributed by atoms with Crippen molar-refractivity contribution < 1.29 is 14.7 Å². The van der Waals surface area contributed by atoms with Gasteiger partial charge in [-0.3, -0.25) is 4.79 Å². The maximum absolute atomic E-state index is 12.0. The monoisotopic (exact) mass is 265 g/mol. The molecule has 0 saturated carbocycles. The lowest BCUT2D eigenvalue weighted by Crippen LogP contribution is -2.17. The molecular weight excluding hydrogens is 254 g/mol. The summed E-state index contributed by atoms with van der Waals surface area (Å²) in [5.41, 5.74) is 1.45. The summed E-state index contributed by atoms with van der Waals surface area (Å²) in [6, 6.07) is 0. The smallest absolute Gasteiger partial charge is 0.348 e. The van der Waals surface area contributed by atoms with Crippen LogP contribution in [0.5, 0.6) is 0 Å². The van der Waals surface area contributed by atoms with Gasteiger partial charge >= 0.3 is 5.97 Å². The van der Waals surface area contributed by atoms with Crippen LogP contribution in [0, 0.1) is 6.92 Å². The number of aryl methyl sites for hydroxylation is 2. The molecule has 0 aliphatic rings. The lowest BCUT2D eigenvalue weighted by Gasteiger charge is -2.06. The van der Waals surface area contributed by atoms with E-state index < -0.39 is 5.97 Å². The highest BCUT2D eigenvalue weighted by Gasteiger charge is 2.19. The quantitative estimate of drug-likeness (QED) is 0.885. The molecule has 1 amide bonds. The first kappa shape index (κ1) is 12.3. The Labute approximate surface area is 107 Å². The SMILES string of the molecule is Cc1csc(C(=O)O)c1NC(=O)c1cncn1C. The molecule has 18 heavy (non-hydrogen) atoms. The maximum atomic E-state index is 12.0. The Morgan fingerprint density at radius 3 is 2.78 bits per heavy atom. The molecule has 0 radical (unpaired) electrons. The third-order valence-electron chi connectivity index (χ3n) is 2.46. The van der Waals surface area contributed by atoms with Crippen LogP contribution in [-0.4, -0.2) is 26.5 Å². The number of hydrogen-bond donors (Lipinski definition) is 2. The van der Waals surface area contributed by atoms with Crippen LogP contribution >= 0.6 is 11.3 Å². The fraction of sp³-hybridized carbons (Fsp3) is 0.182. The van der Waals surface area contributed by atoms with Crippen LogP contribution < -0.4 is 5.32 Å². The van der Waals surface area contributed by atoms with Gasteiger partial charge in [0.05, 0.1) is 18.2 Å². The van der Waals surface area contributed by atoms with Gasteiger partial charge in [-0.05, 0) is 17.9 Å². The molecule has 0 fully saturated rings. The van der Waals surface area contributed by atoms with Gasteiger partial charge in [0.25, 0.3) is 5.91 Å².